The smallest absolute Gasteiger partial charge is 0.108 e. The Morgan fingerprint density at radius 1 is 0.806 bits per heavy atom. The van der Waals surface area contributed by atoms with Gasteiger partial charge in [0.2, 0.25) is 0 Å². The van der Waals surface area contributed by atoms with Gasteiger partial charge < -0.3 is 14.2 Å². The van der Waals surface area contributed by atoms with Crippen molar-refractivity contribution < 1.29 is 14.2 Å². The maximum absolute atomic E-state index is 6.82. The molecule has 2 aromatic carbocycles. The van der Waals surface area contributed by atoms with Crippen LogP contribution >= 0.6 is 0 Å². The van der Waals surface area contributed by atoms with Crippen LogP contribution in [0, 0.1) is 23.2 Å². The molecule has 2 saturated heterocycles. The largest absolute Gasteiger partial charge is 0.372 e. The van der Waals surface area contributed by atoms with Crippen molar-refractivity contribution in [1.82, 2.24) is 0 Å². The van der Waals surface area contributed by atoms with Crippen LogP contribution in [0.25, 0.3) is 0 Å². The maximum Gasteiger partial charge on any atom is 0.108 e. The zero-order chi connectivity index (χ0) is 20.5. The highest BCUT2D eigenvalue weighted by Gasteiger charge is 2.71. The van der Waals surface area contributed by atoms with Gasteiger partial charge in [0, 0.05) is 10.8 Å². The quantitative estimate of drug-likeness (QED) is 0.597. The summed E-state index contributed by atoms with van der Waals surface area (Å²) in [4.78, 5) is 0. The Kier molecular flexibility index (Phi) is 4.20. The van der Waals surface area contributed by atoms with E-state index >= 15 is 0 Å². The number of hydrogen-bond donors (Lipinski definition) is 0. The van der Waals surface area contributed by atoms with Crippen LogP contribution in [0.5, 0.6) is 0 Å². The highest BCUT2D eigenvalue weighted by molar-refractivity contribution is 5.47. The third-order valence-corrected chi connectivity index (χ3v) is 9.17. The maximum atomic E-state index is 6.82. The molecule has 3 nitrogen and oxygen atoms in total. The lowest BCUT2D eigenvalue weighted by atomic mass is 9.34. The Morgan fingerprint density at radius 3 is 1.90 bits per heavy atom. The Morgan fingerprint density at radius 2 is 1.39 bits per heavy atom. The molecule has 2 aromatic rings. The second-order valence-corrected chi connectivity index (χ2v) is 10.8. The van der Waals surface area contributed by atoms with Gasteiger partial charge in [0.15, 0.2) is 0 Å². The average Bonchev–Trinajstić information content (AvgIpc) is 3.71. The van der Waals surface area contributed by atoms with Crippen molar-refractivity contribution in [1.29, 1.82) is 0 Å². The molecule has 4 bridgehead atoms. The molecule has 5 unspecified atom stereocenters. The van der Waals surface area contributed by atoms with E-state index in [1.165, 1.54) is 43.2 Å². The zero-order valence-electron chi connectivity index (χ0n) is 18.1. The topological polar surface area (TPSA) is 34.3 Å². The normalized spacial score (nSPS) is 39.9. The van der Waals surface area contributed by atoms with Gasteiger partial charge in [-0.25, -0.2) is 0 Å². The summed E-state index contributed by atoms with van der Waals surface area (Å²) in [6.45, 7) is 2.41. The summed E-state index contributed by atoms with van der Waals surface area (Å²) in [7, 11) is 0. The van der Waals surface area contributed by atoms with Crippen LogP contribution in [-0.2, 0) is 19.6 Å². The van der Waals surface area contributed by atoms with E-state index in [-0.39, 0.29) is 29.1 Å². The molecular formula is C28H32O3. The van der Waals surface area contributed by atoms with Crippen LogP contribution in [0.1, 0.15) is 43.2 Å². The van der Waals surface area contributed by atoms with Gasteiger partial charge in [-0.05, 0) is 61.0 Å². The second kappa shape index (κ2) is 6.91. The first kappa shape index (κ1) is 18.8. The van der Waals surface area contributed by atoms with Crippen LogP contribution in [0.2, 0.25) is 0 Å². The van der Waals surface area contributed by atoms with Gasteiger partial charge in [0.25, 0.3) is 0 Å². The van der Waals surface area contributed by atoms with Gasteiger partial charge in [-0.3, -0.25) is 0 Å². The van der Waals surface area contributed by atoms with Crippen molar-refractivity contribution in [2.24, 2.45) is 23.2 Å². The summed E-state index contributed by atoms with van der Waals surface area (Å²) >= 11 is 0. The number of epoxide rings is 2. The monoisotopic (exact) mass is 416 g/mol. The Bertz CT molecular complexity index is 880. The molecular weight excluding hydrogens is 384 g/mol. The SMILES string of the molecule is c1ccc(C2(c3ccccc3)C3CC4CC(C3)CC2(C(OCC2CO2)C2CO2)C4)cc1. The average molecular weight is 417 g/mol. The van der Waals surface area contributed by atoms with Crippen molar-refractivity contribution in [3.8, 4) is 0 Å². The minimum atomic E-state index is -0.00996. The van der Waals surface area contributed by atoms with E-state index < -0.39 is 0 Å². The Balaban J connectivity index is 1.45. The molecule has 0 spiro atoms. The first-order valence-corrected chi connectivity index (χ1v) is 12.3. The van der Waals surface area contributed by atoms with Crippen LogP contribution in [0.15, 0.2) is 60.7 Å². The van der Waals surface area contributed by atoms with Crippen molar-refractivity contribution in [2.75, 3.05) is 19.8 Å². The molecule has 6 fully saturated rings. The molecule has 31 heavy (non-hydrogen) atoms. The predicted molar refractivity (Wildman–Crippen MR) is 119 cm³/mol. The molecule has 8 rings (SSSR count). The summed E-state index contributed by atoms with van der Waals surface area (Å²) in [6.07, 6.45) is 7.32. The standard InChI is InChI=1S/C28H32O3/c1-3-7-21(8-4-1)28(22-9-5-2-6-10-22)23-12-19-11-20(13-23)15-27(28,14-19)26(25-18-30-25)31-17-24-16-29-24/h1-10,19-20,23-26H,11-18H2. The number of hydrogen-bond acceptors (Lipinski definition) is 3. The molecule has 2 aliphatic heterocycles. The third kappa shape index (κ3) is 2.76. The first-order chi connectivity index (χ1) is 15.3. The van der Waals surface area contributed by atoms with Gasteiger partial charge in [-0.15, -0.1) is 0 Å². The molecule has 0 amide bonds. The second-order valence-electron chi connectivity index (χ2n) is 10.8. The lowest BCUT2D eigenvalue weighted by molar-refractivity contribution is -0.192. The van der Waals surface area contributed by atoms with Gasteiger partial charge >= 0.3 is 0 Å². The molecule has 162 valence electrons. The van der Waals surface area contributed by atoms with E-state index in [2.05, 4.69) is 60.7 Å². The summed E-state index contributed by atoms with van der Waals surface area (Å²) in [5, 5.41) is 0. The molecule has 3 heteroatoms. The number of ether oxygens (including phenoxy) is 3. The van der Waals surface area contributed by atoms with Crippen molar-refractivity contribution in [3.05, 3.63) is 71.8 Å². The van der Waals surface area contributed by atoms with Crippen LogP contribution < -0.4 is 0 Å². The van der Waals surface area contributed by atoms with E-state index in [0.717, 1.165) is 25.0 Å². The predicted octanol–water partition coefficient (Wildman–Crippen LogP) is 4.98. The number of benzene rings is 2. The minimum Gasteiger partial charge on any atom is -0.372 e. The molecule has 6 aliphatic rings. The molecule has 0 N–H and O–H groups in total. The lowest BCUT2D eigenvalue weighted by Gasteiger charge is -2.70. The first-order valence-electron chi connectivity index (χ1n) is 12.3. The highest BCUT2D eigenvalue weighted by Crippen LogP contribution is 2.73. The van der Waals surface area contributed by atoms with E-state index in [1.54, 1.807) is 0 Å². The fourth-order valence-electron chi connectivity index (χ4n) is 8.39. The molecule has 4 saturated carbocycles. The molecule has 0 radical (unpaired) electrons. The summed E-state index contributed by atoms with van der Waals surface area (Å²) in [5.74, 6) is 2.34. The molecule has 4 aliphatic carbocycles. The van der Waals surface area contributed by atoms with Gasteiger partial charge in [-0.2, -0.15) is 0 Å². The van der Waals surface area contributed by atoms with E-state index in [1.807, 2.05) is 0 Å². The van der Waals surface area contributed by atoms with Crippen LogP contribution in [0.3, 0.4) is 0 Å². The fraction of sp³-hybridized carbons (Fsp3) is 0.571. The van der Waals surface area contributed by atoms with Gasteiger partial charge in [0.1, 0.15) is 12.2 Å². The Hall–Kier alpha value is -1.68. The Labute approximate surface area is 185 Å². The third-order valence-electron chi connectivity index (χ3n) is 9.17. The van der Waals surface area contributed by atoms with E-state index in [0.29, 0.717) is 12.5 Å². The van der Waals surface area contributed by atoms with Crippen molar-refractivity contribution in [2.45, 2.75) is 55.8 Å². The van der Waals surface area contributed by atoms with Crippen molar-refractivity contribution >= 4 is 0 Å². The molecule has 5 atom stereocenters. The van der Waals surface area contributed by atoms with E-state index in [9.17, 15) is 0 Å². The van der Waals surface area contributed by atoms with Crippen molar-refractivity contribution in [3.63, 3.8) is 0 Å². The highest BCUT2D eigenvalue weighted by atomic mass is 16.6. The van der Waals surface area contributed by atoms with Gasteiger partial charge in [0.05, 0.1) is 25.9 Å². The summed E-state index contributed by atoms with van der Waals surface area (Å²) in [5.41, 5.74) is 3.05. The molecule has 0 aromatic heterocycles. The minimum absolute atomic E-state index is 0.00996. The van der Waals surface area contributed by atoms with Gasteiger partial charge in [-0.1, -0.05) is 60.7 Å². The van der Waals surface area contributed by atoms with E-state index in [4.69, 9.17) is 14.2 Å². The zero-order valence-corrected chi connectivity index (χ0v) is 18.1. The number of rotatable bonds is 7. The molecule has 2 heterocycles. The summed E-state index contributed by atoms with van der Waals surface area (Å²) in [6, 6.07) is 22.8. The van der Waals surface area contributed by atoms with Crippen LogP contribution in [0.4, 0.5) is 0 Å². The van der Waals surface area contributed by atoms with Crippen LogP contribution in [-0.4, -0.2) is 38.1 Å². The lowest BCUT2D eigenvalue weighted by Crippen LogP contribution is -2.68. The fourth-order valence-corrected chi connectivity index (χ4v) is 8.39. The summed E-state index contributed by atoms with van der Waals surface area (Å²) < 4.78 is 18.4.